The zero-order valence-corrected chi connectivity index (χ0v) is 11.0. The Morgan fingerprint density at radius 2 is 1.75 bits per heavy atom. The summed E-state index contributed by atoms with van der Waals surface area (Å²) in [5, 5.41) is 3.06. The molecule has 0 aliphatic heterocycles. The van der Waals surface area contributed by atoms with Crippen LogP contribution in [-0.2, 0) is 0 Å². The van der Waals surface area contributed by atoms with E-state index in [1.54, 1.807) is 19.2 Å². The first-order chi connectivity index (χ1) is 9.39. The fraction of sp³-hybridized carbons (Fsp3) is 0.286. The van der Waals surface area contributed by atoms with Crippen molar-refractivity contribution in [3.63, 3.8) is 0 Å². The van der Waals surface area contributed by atoms with Crippen LogP contribution in [0.15, 0.2) is 40.8 Å². The van der Waals surface area contributed by atoms with Gasteiger partial charge in [0.2, 0.25) is 0 Å². The second kappa shape index (κ2) is 5.58. The molecule has 1 unspecified atom stereocenters. The van der Waals surface area contributed by atoms with E-state index in [1.165, 1.54) is 12.1 Å². The van der Waals surface area contributed by atoms with E-state index in [-0.39, 0.29) is 11.8 Å². The zero-order valence-electron chi connectivity index (χ0n) is 11.0. The summed E-state index contributed by atoms with van der Waals surface area (Å²) < 4.78 is 45.6. The van der Waals surface area contributed by atoms with E-state index in [1.807, 2.05) is 19.1 Å². The molecule has 1 N–H and O–H groups in total. The highest BCUT2D eigenvalue weighted by Gasteiger charge is 2.31. The third-order valence-electron chi connectivity index (χ3n) is 2.78. The molecule has 20 heavy (non-hydrogen) atoms. The van der Waals surface area contributed by atoms with Crippen molar-refractivity contribution in [3.8, 4) is 5.75 Å². The minimum atomic E-state index is -4.68. The van der Waals surface area contributed by atoms with Crippen LogP contribution in [0, 0.1) is 6.92 Å². The van der Waals surface area contributed by atoms with Crippen molar-refractivity contribution >= 4 is 0 Å². The average Bonchev–Trinajstić information content (AvgIpc) is 2.77. The Bertz CT molecular complexity index is 561. The first-order valence-electron chi connectivity index (χ1n) is 5.98. The predicted octanol–water partition coefficient (Wildman–Crippen LogP) is 3.80. The average molecular weight is 285 g/mol. The number of benzene rings is 1. The first kappa shape index (κ1) is 14.5. The first-order valence-corrected chi connectivity index (χ1v) is 5.98. The second-order valence-electron chi connectivity index (χ2n) is 4.29. The lowest BCUT2D eigenvalue weighted by atomic mass is 10.0. The molecular weight excluding hydrogens is 271 g/mol. The van der Waals surface area contributed by atoms with E-state index in [0.29, 0.717) is 5.76 Å². The zero-order chi connectivity index (χ0) is 14.8. The van der Waals surface area contributed by atoms with Gasteiger partial charge in [-0.15, -0.1) is 13.2 Å². The van der Waals surface area contributed by atoms with Gasteiger partial charge >= 0.3 is 6.36 Å². The number of hydrogen-bond acceptors (Lipinski definition) is 3. The SMILES string of the molecule is CNC(c1ccc(OC(F)(F)F)cc1)c1ccc(C)o1. The van der Waals surface area contributed by atoms with Crippen LogP contribution in [0.25, 0.3) is 0 Å². The lowest BCUT2D eigenvalue weighted by molar-refractivity contribution is -0.274. The molecule has 2 aromatic rings. The molecule has 0 saturated heterocycles. The molecule has 0 amide bonds. The van der Waals surface area contributed by atoms with E-state index in [0.717, 1.165) is 11.3 Å². The van der Waals surface area contributed by atoms with Gasteiger partial charge in [0, 0.05) is 0 Å². The smallest absolute Gasteiger partial charge is 0.464 e. The molecule has 0 aliphatic rings. The van der Waals surface area contributed by atoms with Crippen LogP contribution in [0.1, 0.15) is 23.1 Å². The Balaban J connectivity index is 2.19. The lowest BCUT2D eigenvalue weighted by Gasteiger charge is -2.15. The molecule has 1 heterocycles. The van der Waals surface area contributed by atoms with Crippen LogP contribution in [-0.4, -0.2) is 13.4 Å². The number of aryl methyl sites for hydroxylation is 1. The summed E-state index contributed by atoms with van der Waals surface area (Å²) in [5.41, 5.74) is 0.788. The second-order valence-corrected chi connectivity index (χ2v) is 4.29. The number of furan rings is 1. The summed E-state index contributed by atoms with van der Waals surface area (Å²) in [5.74, 6) is 1.23. The molecule has 0 radical (unpaired) electrons. The fourth-order valence-electron chi connectivity index (χ4n) is 1.94. The van der Waals surface area contributed by atoms with Gasteiger partial charge in [-0.2, -0.15) is 0 Å². The minimum absolute atomic E-state index is 0.219. The molecule has 1 atom stereocenters. The van der Waals surface area contributed by atoms with Crippen molar-refractivity contribution in [3.05, 3.63) is 53.5 Å². The monoisotopic (exact) mass is 285 g/mol. The number of alkyl halides is 3. The van der Waals surface area contributed by atoms with Gasteiger partial charge in [0.05, 0.1) is 6.04 Å². The molecule has 2 rings (SSSR count). The summed E-state index contributed by atoms with van der Waals surface area (Å²) >= 11 is 0. The highest BCUT2D eigenvalue weighted by atomic mass is 19.4. The van der Waals surface area contributed by atoms with Crippen molar-refractivity contribution in [2.24, 2.45) is 0 Å². The van der Waals surface area contributed by atoms with Crippen LogP contribution < -0.4 is 10.1 Å². The van der Waals surface area contributed by atoms with Crippen LogP contribution >= 0.6 is 0 Å². The van der Waals surface area contributed by atoms with Crippen LogP contribution in [0.2, 0.25) is 0 Å². The molecule has 0 bridgehead atoms. The molecule has 0 spiro atoms. The number of nitrogens with one attached hydrogen (secondary N) is 1. The molecule has 1 aromatic carbocycles. The summed E-state index contributed by atoms with van der Waals surface area (Å²) in [6.45, 7) is 1.83. The minimum Gasteiger partial charge on any atom is -0.464 e. The predicted molar refractivity (Wildman–Crippen MR) is 67.5 cm³/mol. The van der Waals surface area contributed by atoms with Gasteiger partial charge in [-0.3, -0.25) is 0 Å². The van der Waals surface area contributed by atoms with Crippen molar-refractivity contribution < 1.29 is 22.3 Å². The summed E-state index contributed by atoms with van der Waals surface area (Å²) in [4.78, 5) is 0. The fourth-order valence-corrected chi connectivity index (χ4v) is 1.94. The molecule has 0 aliphatic carbocycles. The van der Waals surface area contributed by atoms with Gasteiger partial charge in [0.25, 0.3) is 0 Å². The Kier molecular flexibility index (Phi) is 4.04. The van der Waals surface area contributed by atoms with Crippen molar-refractivity contribution in [1.29, 1.82) is 0 Å². The third-order valence-corrected chi connectivity index (χ3v) is 2.78. The molecule has 6 heteroatoms. The topological polar surface area (TPSA) is 34.4 Å². The molecule has 0 fully saturated rings. The maximum atomic E-state index is 12.1. The molecule has 3 nitrogen and oxygen atoms in total. The normalized spacial score (nSPS) is 13.2. The third kappa shape index (κ3) is 3.54. The quantitative estimate of drug-likeness (QED) is 0.928. The van der Waals surface area contributed by atoms with Crippen LogP contribution in [0.5, 0.6) is 5.75 Å². The van der Waals surface area contributed by atoms with E-state index in [2.05, 4.69) is 10.1 Å². The maximum Gasteiger partial charge on any atom is 0.573 e. The Hall–Kier alpha value is -1.95. The van der Waals surface area contributed by atoms with Gasteiger partial charge in [0.15, 0.2) is 0 Å². The van der Waals surface area contributed by atoms with Gasteiger partial charge in [-0.1, -0.05) is 12.1 Å². The lowest BCUT2D eigenvalue weighted by Crippen LogP contribution is -2.18. The molecule has 1 aromatic heterocycles. The van der Waals surface area contributed by atoms with Crippen molar-refractivity contribution in [2.75, 3.05) is 7.05 Å². The van der Waals surface area contributed by atoms with E-state index in [9.17, 15) is 13.2 Å². The number of rotatable bonds is 4. The van der Waals surface area contributed by atoms with Gasteiger partial charge < -0.3 is 14.5 Å². The Morgan fingerprint density at radius 1 is 1.10 bits per heavy atom. The molecule has 108 valence electrons. The van der Waals surface area contributed by atoms with Crippen LogP contribution in [0.4, 0.5) is 13.2 Å². The van der Waals surface area contributed by atoms with Crippen molar-refractivity contribution in [2.45, 2.75) is 19.3 Å². The number of ether oxygens (including phenoxy) is 1. The molecule has 0 saturated carbocycles. The van der Waals surface area contributed by atoms with Gasteiger partial charge in [0.1, 0.15) is 17.3 Å². The maximum absolute atomic E-state index is 12.1. The van der Waals surface area contributed by atoms with Gasteiger partial charge in [-0.25, -0.2) is 0 Å². The van der Waals surface area contributed by atoms with E-state index in [4.69, 9.17) is 4.42 Å². The van der Waals surface area contributed by atoms with Crippen molar-refractivity contribution in [1.82, 2.24) is 5.32 Å². The number of hydrogen-bond donors (Lipinski definition) is 1. The number of halogens is 3. The largest absolute Gasteiger partial charge is 0.573 e. The Morgan fingerprint density at radius 3 is 2.20 bits per heavy atom. The Labute approximate surface area is 114 Å². The highest BCUT2D eigenvalue weighted by Crippen LogP contribution is 2.27. The van der Waals surface area contributed by atoms with Gasteiger partial charge in [-0.05, 0) is 43.8 Å². The van der Waals surface area contributed by atoms with E-state index >= 15 is 0 Å². The summed E-state index contributed by atoms with van der Waals surface area (Å²) in [6.07, 6.45) is -4.68. The standard InChI is InChI=1S/C14H14F3NO2/c1-9-3-8-12(19-9)13(18-2)10-4-6-11(7-5-10)20-14(15,16)17/h3-8,13,18H,1-2H3. The summed E-state index contributed by atoms with van der Waals surface area (Å²) in [7, 11) is 1.75. The highest BCUT2D eigenvalue weighted by molar-refractivity contribution is 5.33. The summed E-state index contributed by atoms with van der Waals surface area (Å²) in [6, 6.07) is 9.15. The van der Waals surface area contributed by atoms with Crippen LogP contribution in [0.3, 0.4) is 0 Å². The van der Waals surface area contributed by atoms with E-state index < -0.39 is 6.36 Å². The molecular formula is C14H14F3NO2.